The molecule has 1 aliphatic heterocycles. The number of morpholine rings is 1. The van der Waals surface area contributed by atoms with Gasteiger partial charge < -0.3 is 15.4 Å². The number of sulfonamides is 1. The molecule has 2 N–H and O–H groups in total. The Kier molecular flexibility index (Phi) is 7.22. The van der Waals surface area contributed by atoms with Crippen LogP contribution in [0.4, 0.5) is 4.79 Å². The molecule has 1 fully saturated rings. The van der Waals surface area contributed by atoms with Crippen molar-refractivity contribution in [2.45, 2.75) is 26.3 Å². The molecule has 140 valence electrons. The first-order chi connectivity index (χ1) is 11.9. The maximum Gasteiger partial charge on any atom is 0.315 e. The van der Waals surface area contributed by atoms with Gasteiger partial charge in [0.15, 0.2) is 0 Å². The number of nitrogens with one attached hydrogen (secondary N) is 2. The third kappa shape index (κ3) is 5.98. The average molecular weight is 369 g/mol. The second kappa shape index (κ2) is 9.17. The fraction of sp³-hybridized carbons (Fsp3) is 0.588. The number of carbonyl (C=O) groups excluding carboxylic acids is 1. The molecule has 8 heteroatoms. The summed E-state index contributed by atoms with van der Waals surface area (Å²) < 4.78 is 30.9. The molecular formula is C17H27N3O4S. The lowest BCUT2D eigenvalue weighted by Crippen LogP contribution is -2.45. The van der Waals surface area contributed by atoms with E-state index in [2.05, 4.69) is 17.6 Å². The Labute approximate surface area is 149 Å². The van der Waals surface area contributed by atoms with Crippen molar-refractivity contribution in [1.82, 2.24) is 14.9 Å². The third-order valence-electron chi connectivity index (χ3n) is 4.24. The smallest absolute Gasteiger partial charge is 0.315 e. The average Bonchev–Trinajstić information content (AvgIpc) is 2.62. The van der Waals surface area contributed by atoms with Crippen LogP contribution in [0.15, 0.2) is 24.3 Å². The molecule has 1 aliphatic rings. The van der Waals surface area contributed by atoms with Gasteiger partial charge in [0.1, 0.15) is 0 Å². The van der Waals surface area contributed by atoms with Crippen molar-refractivity contribution < 1.29 is 17.9 Å². The van der Waals surface area contributed by atoms with Gasteiger partial charge in [-0.05, 0) is 24.5 Å². The van der Waals surface area contributed by atoms with Crippen LogP contribution in [-0.2, 0) is 21.2 Å². The van der Waals surface area contributed by atoms with Crippen LogP contribution in [0.5, 0.6) is 0 Å². The molecule has 1 atom stereocenters. The first kappa shape index (κ1) is 19.7. The molecule has 25 heavy (non-hydrogen) atoms. The standard InChI is InChI=1S/C17H27N3O4S/c1-3-15-4-6-16(7-5-15)14(2)19-17(21)18-8-13-25(22,23)20-9-11-24-12-10-20/h4-7,14H,3,8-13H2,1-2H3,(H2,18,19,21). The fourth-order valence-electron chi connectivity index (χ4n) is 2.62. The zero-order valence-electron chi connectivity index (χ0n) is 14.8. The number of nitrogens with zero attached hydrogens (tertiary/aromatic N) is 1. The molecular weight excluding hydrogens is 342 g/mol. The van der Waals surface area contributed by atoms with Gasteiger partial charge in [0.05, 0.1) is 25.0 Å². The molecule has 1 aromatic carbocycles. The number of ether oxygens (including phenoxy) is 1. The maximum atomic E-state index is 12.2. The second-order valence-corrected chi connectivity index (χ2v) is 8.13. The third-order valence-corrected chi connectivity index (χ3v) is 6.12. The Morgan fingerprint density at radius 3 is 2.48 bits per heavy atom. The number of benzene rings is 1. The summed E-state index contributed by atoms with van der Waals surface area (Å²) in [6.45, 7) is 5.65. The van der Waals surface area contributed by atoms with E-state index in [1.54, 1.807) is 0 Å². The molecule has 0 spiro atoms. The second-order valence-electron chi connectivity index (χ2n) is 6.04. The van der Waals surface area contributed by atoms with Gasteiger partial charge >= 0.3 is 6.03 Å². The minimum atomic E-state index is -3.36. The zero-order chi connectivity index (χ0) is 18.3. The van der Waals surface area contributed by atoms with Gasteiger partial charge in [-0.2, -0.15) is 4.31 Å². The Morgan fingerprint density at radius 2 is 1.88 bits per heavy atom. The van der Waals surface area contributed by atoms with Gasteiger partial charge in [0.25, 0.3) is 0 Å². The van der Waals surface area contributed by atoms with Gasteiger partial charge in [-0.1, -0.05) is 31.2 Å². The number of hydrogen-bond acceptors (Lipinski definition) is 4. The van der Waals surface area contributed by atoms with E-state index in [9.17, 15) is 13.2 Å². The van der Waals surface area contributed by atoms with Crippen molar-refractivity contribution in [2.24, 2.45) is 0 Å². The number of hydrogen-bond donors (Lipinski definition) is 2. The Bertz CT molecular complexity index is 655. The number of amides is 2. The van der Waals surface area contributed by atoms with Crippen molar-refractivity contribution in [2.75, 3.05) is 38.6 Å². The predicted octanol–water partition coefficient (Wildman–Crippen LogP) is 1.27. The number of aryl methyl sites for hydroxylation is 1. The summed E-state index contributed by atoms with van der Waals surface area (Å²) in [6, 6.07) is 7.55. The van der Waals surface area contributed by atoms with Crippen molar-refractivity contribution in [3.63, 3.8) is 0 Å². The lowest BCUT2D eigenvalue weighted by atomic mass is 10.1. The summed E-state index contributed by atoms with van der Waals surface area (Å²) in [6.07, 6.45) is 0.972. The van der Waals surface area contributed by atoms with E-state index in [0.29, 0.717) is 26.3 Å². The van der Waals surface area contributed by atoms with Gasteiger partial charge in [-0.15, -0.1) is 0 Å². The Hall–Kier alpha value is -1.64. The summed E-state index contributed by atoms with van der Waals surface area (Å²) in [5, 5.41) is 5.43. The highest BCUT2D eigenvalue weighted by molar-refractivity contribution is 7.89. The SMILES string of the molecule is CCc1ccc(C(C)NC(=O)NCCS(=O)(=O)N2CCOCC2)cc1. The number of rotatable bonds is 7. The number of urea groups is 1. The maximum absolute atomic E-state index is 12.2. The first-order valence-electron chi connectivity index (χ1n) is 8.61. The van der Waals surface area contributed by atoms with Gasteiger partial charge in [-0.3, -0.25) is 0 Å². The van der Waals surface area contributed by atoms with E-state index in [0.717, 1.165) is 12.0 Å². The molecule has 1 aromatic rings. The highest BCUT2D eigenvalue weighted by Gasteiger charge is 2.24. The lowest BCUT2D eigenvalue weighted by molar-refractivity contribution is 0.0730. The lowest BCUT2D eigenvalue weighted by Gasteiger charge is -2.26. The van der Waals surface area contributed by atoms with Gasteiger partial charge in [-0.25, -0.2) is 13.2 Å². The van der Waals surface area contributed by atoms with Crippen LogP contribution in [0.25, 0.3) is 0 Å². The van der Waals surface area contributed by atoms with Crippen molar-refractivity contribution >= 4 is 16.1 Å². The van der Waals surface area contributed by atoms with Crippen LogP contribution in [-0.4, -0.2) is 57.4 Å². The molecule has 0 bridgehead atoms. The number of carbonyl (C=O) groups is 1. The van der Waals surface area contributed by atoms with Gasteiger partial charge in [0.2, 0.25) is 10.0 Å². The molecule has 0 radical (unpaired) electrons. The Morgan fingerprint density at radius 1 is 1.24 bits per heavy atom. The predicted molar refractivity (Wildman–Crippen MR) is 96.9 cm³/mol. The van der Waals surface area contributed by atoms with Crippen LogP contribution in [0.2, 0.25) is 0 Å². The topological polar surface area (TPSA) is 87.7 Å². The van der Waals surface area contributed by atoms with E-state index in [1.165, 1.54) is 9.87 Å². The summed E-state index contributed by atoms with van der Waals surface area (Å²) in [4.78, 5) is 12.0. The molecule has 2 rings (SSSR count). The Balaban J connectivity index is 1.75. The normalized spacial score (nSPS) is 17.0. The molecule has 7 nitrogen and oxygen atoms in total. The first-order valence-corrected chi connectivity index (χ1v) is 10.2. The quantitative estimate of drug-likeness (QED) is 0.758. The monoisotopic (exact) mass is 369 g/mol. The summed E-state index contributed by atoms with van der Waals surface area (Å²) in [7, 11) is -3.36. The summed E-state index contributed by atoms with van der Waals surface area (Å²) >= 11 is 0. The zero-order valence-corrected chi connectivity index (χ0v) is 15.6. The van der Waals surface area contributed by atoms with Crippen LogP contribution in [0.1, 0.15) is 31.0 Å². The van der Waals surface area contributed by atoms with Crippen molar-refractivity contribution in [1.29, 1.82) is 0 Å². The minimum absolute atomic E-state index is 0.0764. The van der Waals surface area contributed by atoms with E-state index < -0.39 is 10.0 Å². The summed E-state index contributed by atoms with van der Waals surface area (Å²) in [5.74, 6) is -0.111. The van der Waals surface area contributed by atoms with Crippen molar-refractivity contribution in [3.05, 3.63) is 35.4 Å². The molecule has 2 amide bonds. The van der Waals surface area contributed by atoms with Crippen LogP contribution >= 0.6 is 0 Å². The molecule has 0 aromatic heterocycles. The highest BCUT2D eigenvalue weighted by atomic mass is 32.2. The van der Waals surface area contributed by atoms with E-state index in [4.69, 9.17) is 4.74 Å². The molecule has 1 saturated heterocycles. The summed E-state index contributed by atoms with van der Waals surface area (Å²) in [5.41, 5.74) is 2.25. The van der Waals surface area contributed by atoms with E-state index in [-0.39, 0.29) is 24.4 Å². The van der Waals surface area contributed by atoms with Crippen LogP contribution in [0.3, 0.4) is 0 Å². The molecule has 1 heterocycles. The molecule has 1 unspecified atom stereocenters. The van der Waals surface area contributed by atoms with E-state index in [1.807, 2.05) is 31.2 Å². The minimum Gasteiger partial charge on any atom is -0.379 e. The van der Waals surface area contributed by atoms with Crippen molar-refractivity contribution in [3.8, 4) is 0 Å². The van der Waals surface area contributed by atoms with Gasteiger partial charge in [0, 0.05) is 19.6 Å². The van der Waals surface area contributed by atoms with Crippen LogP contribution < -0.4 is 10.6 Å². The van der Waals surface area contributed by atoms with E-state index >= 15 is 0 Å². The highest BCUT2D eigenvalue weighted by Crippen LogP contribution is 2.13. The largest absolute Gasteiger partial charge is 0.379 e. The fourth-order valence-corrected chi connectivity index (χ4v) is 3.94. The van der Waals surface area contributed by atoms with Crippen LogP contribution in [0, 0.1) is 0 Å². The molecule has 0 saturated carbocycles. The molecule has 0 aliphatic carbocycles.